The lowest BCUT2D eigenvalue weighted by Crippen LogP contribution is -2.40. The van der Waals surface area contributed by atoms with E-state index < -0.39 is 0 Å². The van der Waals surface area contributed by atoms with Crippen molar-refractivity contribution in [1.82, 2.24) is 14.8 Å². The summed E-state index contributed by atoms with van der Waals surface area (Å²) in [5.74, 6) is 1.32. The number of carbonyl (C=O) groups is 1. The van der Waals surface area contributed by atoms with Crippen LogP contribution in [0.15, 0.2) is 60.8 Å². The van der Waals surface area contributed by atoms with Gasteiger partial charge in [-0.3, -0.25) is 14.7 Å². The monoisotopic (exact) mass is 459 g/mol. The van der Waals surface area contributed by atoms with Crippen molar-refractivity contribution in [3.63, 3.8) is 0 Å². The van der Waals surface area contributed by atoms with Crippen LogP contribution in [-0.4, -0.2) is 73.2 Å². The van der Waals surface area contributed by atoms with Gasteiger partial charge >= 0.3 is 0 Å². The number of rotatable bonds is 7. The van der Waals surface area contributed by atoms with Crippen LogP contribution in [0.25, 0.3) is 10.9 Å². The summed E-state index contributed by atoms with van der Waals surface area (Å²) in [5, 5.41) is 1.22. The van der Waals surface area contributed by atoms with Gasteiger partial charge in [0.05, 0.1) is 18.7 Å². The largest absolute Gasteiger partial charge is 0.492 e. The van der Waals surface area contributed by atoms with Crippen LogP contribution in [-0.2, 0) is 11.2 Å². The van der Waals surface area contributed by atoms with Crippen molar-refractivity contribution in [1.29, 1.82) is 0 Å². The van der Waals surface area contributed by atoms with Crippen molar-refractivity contribution in [2.75, 3.05) is 52.5 Å². The summed E-state index contributed by atoms with van der Waals surface area (Å²) in [6.07, 6.45) is 4.99. The van der Waals surface area contributed by atoms with E-state index in [4.69, 9.17) is 9.47 Å². The molecule has 0 spiro atoms. The van der Waals surface area contributed by atoms with E-state index in [1.54, 1.807) is 0 Å². The van der Waals surface area contributed by atoms with Crippen molar-refractivity contribution in [3.05, 3.63) is 71.9 Å². The van der Waals surface area contributed by atoms with Gasteiger partial charge in [0, 0.05) is 49.9 Å². The molecular weight excluding hydrogens is 426 g/mol. The first-order chi connectivity index (χ1) is 16.8. The molecule has 2 aliphatic heterocycles. The minimum Gasteiger partial charge on any atom is -0.492 e. The van der Waals surface area contributed by atoms with Gasteiger partial charge in [-0.1, -0.05) is 24.3 Å². The molecule has 0 bridgehead atoms. The first-order valence-corrected chi connectivity index (χ1v) is 12.4. The van der Waals surface area contributed by atoms with Gasteiger partial charge in [-0.05, 0) is 61.1 Å². The molecule has 0 N–H and O–H groups in total. The lowest BCUT2D eigenvalue weighted by molar-refractivity contribution is 0.0322. The van der Waals surface area contributed by atoms with Gasteiger partial charge in [0.15, 0.2) is 0 Å². The maximum Gasteiger partial charge on any atom is 0.253 e. The molecular formula is C28H33N3O3. The number of piperidine rings is 1. The zero-order valence-corrected chi connectivity index (χ0v) is 19.7. The predicted octanol–water partition coefficient (Wildman–Crippen LogP) is 4.04. The molecule has 1 amide bonds. The van der Waals surface area contributed by atoms with Crippen LogP contribution in [0.2, 0.25) is 0 Å². The van der Waals surface area contributed by atoms with Gasteiger partial charge in [0.2, 0.25) is 0 Å². The topological polar surface area (TPSA) is 54.9 Å². The highest BCUT2D eigenvalue weighted by atomic mass is 16.5. The molecule has 3 aromatic rings. The van der Waals surface area contributed by atoms with Crippen LogP contribution < -0.4 is 4.74 Å². The second-order valence-electron chi connectivity index (χ2n) is 9.28. The smallest absolute Gasteiger partial charge is 0.253 e. The summed E-state index contributed by atoms with van der Waals surface area (Å²) in [7, 11) is 0. The second kappa shape index (κ2) is 11.0. The van der Waals surface area contributed by atoms with Crippen LogP contribution in [0, 0.1) is 5.92 Å². The first-order valence-electron chi connectivity index (χ1n) is 12.4. The number of hydrogen-bond acceptors (Lipinski definition) is 5. The third kappa shape index (κ3) is 5.57. The number of nitrogens with zero attached hydrogens (tertiary/aromatic N) is 3. The summed E-state index contributed by atoms with van der Waals surface area (Å²) in [5.41, 5.74) is 3.06. The lowest BCUT2D eigenvalue weighted by atomic mass is 9.89. The number of amides is 1. The Morgan fingerprint density at radius 3 is 2.85 bits per heavy atom. The number of ether oxygens (including phenoxy) is 2. The average Bonchev–Trinajstić information content (AvgIpc) is 2.89. The molecule has 178 valence electrons. The Kier molecular flexibility index (Phi) is 7.37. The SMILES string of the molecule is O=C(c1cccc(OCCN2CCOCC2)c1)N1CCC[C@H](Cc2cccc3ncccc23)C1. The number of aromatic nitrogens is 1. The summed E-state index contributed by atoms with van der Waals surface area (Å²) in [4.78, 5) is 22.2. The van der Waals surface area contributed by atoms with E-state index in [0.29, 0.717) is 18.1 Å². The van der Waals surface area contributed by atoms with Crippen molar-refractivity contribution in [2.45, 2.75) is 19.3 Å². The van der Waals surface area contributed by atoms with Gasteiger partial charge in [-0.15, -0.1) is 0 Å². The molecule has 2 aliphatic rings. The van der Waals surface area contributed by atoms with Gasteiger partial charge in [0.25, 0.3) is 5.91 Å². The van der Waals surface area contributed by atoms with Crippen LogP contribution in [0.4, 0.5) is 0 Å². The van der Waals surface area contributed by atoms with E-state index in [1.165, 1.54) is 10.9 Å². The van der Waals surface area contributed by atoms with Gasteiger partial charge in [-0.2, -0.15) is 0 Å². The van der Waals surface area contributed by atoms with E-state index >= 15 is 0 Å². The number of pyridine rings is 1. The molecule has 1 atom stereocenters. The number of hydrogen-bond donors (Lipinski definition) is 0. The summed E-state index contributed by atoms with van der Waals surface area (Å²) in [6.45, 7) is 6.57. The third-order valence-electron chi connectivity index (χ3n) is 6.91. The van der Waals surface area contributed by atoms with Crippen LogP contribution in [0.3, 0.4) is 0 Å². The van der Waals surface area contributed by atoms with Gasteiger partial charge in [0.1, 0.15) is 12.4 Å². The maximum absolute atomic E-state index is 13.3. The molecule has 2 aromatic carbocycles. The van der Waals surface area contributed by atoms with E-state index in [0.717, 1.165) is 76.5 Å². The van der Waals surface area contributed by atoms with E-state index in [9.17, 15) is 4.79 Å². The fraction of sp³-hybridized carbons (Fsp3) is 0.429. The molecule has 6 nitrogen and oxygen atoms in total. The lowest BCUT2D eigenvalue weighted by Gasteiger charge is -2.33. The number of carbonyl (C=O) groups excluding carboxylic acids is 1. The first kappa shape index (κ1) is 22.8. The van der Waals surface area contributed by atoms with Crippen molar-refractivity contribution in [2.24, 2.45) is 5.92 Å². The van der Waals surface area contributed by atoms with Gasteiger partial charge in [-0.25, -0.2) is 0 Å². The van der Waals surface area contributed by atoms with Crippen molar-refractivity contribution < 1.29 is 14.3 Å². The third-order valence-corrected chi connectivity index (χ3v) is 6.91. The number of fused-ring (bicyclic) bond motifs is 1. The highest BCUT2D eigenvalue weighted by Gasteiger charge is 2.25. The van der Waals surface area contributed by atoms with E-state index in [2.05, 4.69) is 34.1 Å². The molecule has 0 aliphatic carbocycles. The number of morpholine rings is 1. The van der Waals surface area contributed by atoms with Crippen molar-refractivity contribution >= 4 is 16.8 Å². The Bertz CT molecular complexity index is 1110. The molecule has 0 saturated carbocycles. The Morgan fingerprint density at radius 2 is 1.94 bits per heavy atom. The fourth-order valence-corrected chi connectivity index (χ4v) is 5.09. The van der Waals surface area contributed by atoms with Gasteiger partial charge < -0.3 is 14.4 Å². The van der Waals surface area contributed by atoms with Crippen LogP contribution >= 0.6 is 0 Å². The summed E-state index contributed by atoms with van der Waals surface area (Å²) < 4.78 is 11.4. The highest BCUT2D eigenvalue weighted by molar-refractivity contribution is 5.94. The quantitative estimate of drug-likeness (QED) is 0.534. The molecule has 1 aromatic heterocycles. The molecule has 6 heteroatoms. The predicted molar refractivity (Wildman–Crippen MR) is 133 cm³/mol. The minimum absolute atomic E-state index is 0.0999. The number of likely N-dealkylation sites (tertiary alicyclic amines) is 1. The average molecular weight is 460 g/mol. The Morgan fingerprint density at radius 1 is 1.06 bits per heavy atom. The van der Waals surface area contributed by atoms with Crippen LogP contribution in [0.1, 0.15) is 28.8 Å². The standard InChI is InChI=1S/C28H33N3O3/c32-28(24-7-1-8-25(20-24)34-18-15-30-13-16-33-17-14-30)31-12-4-5-22(21-31)19-23-6-2-10-27-26(23)9-3-11-29-27/h1-3,6-11,20,22H,4-5,12-19,21H2/t22-/m1/s1. The molecule has 2 fully saturated rings. The molecule has 5 rings (SSSR count). The Labute approximate surface area is 201 Å². The highest BCUT2D eigenvalue weighted by Crippen LogP contribution is 2.26. The summed E-state index contributed by atoms with van der Waals surface area (Å²) in [6, 6.07) is 18.1. The Hall–Kier alpha value is -2.96. The van der Waals surface area contributed by atoms with E-state index in [-0.39, 0.29) is 5.91 Å². The normalized spacial score (nSPS) is 19.3. The maximum atomic E-state index is 13.3. The second-order valence-corrected chi connectivity index (χ2v) is 9.28. The van der Waals surface area contributed by atoms with Crippen LogP contribution in [0.5, 0.6) is 5.75 Å². The zero-order valence-electron chi connectivity index (χ0n) is 19.7. The van der Waals surface area contributed by atoms with E-state index in [1.807, 2.05) is 41.4 Å². The fourth-order valence-electron chi connectivity index (χ4n) is 5.09. The molecule has 0 unspecified atom stereocenters. The zero-order chi connectivity index (χ0) is 23.2. The Balaban J connectivity index is 1.19. The molecule has 3 heterocycles. The summed E-state index contributed by atoms with van der Waals surface area (Å²) >= 11 is 0. The molecule has 0 radical (unpaired) electrons. The number of benzene rings is 2. The van der Waals surface area contributed by atoms with Crippen molar-refractivity contribution in [3.8, 4) is 5.75 Å². The molecule has 34 heavy (non-hydrogen) atoms. The molecule has 2 saturated heterocycles. The minimum atomic E-state index is 0.0999.